The van der Waals surface area contributed by atoms with Gasteiger partial charge in [0.15, 0.2) is 0 Å². The second-order valence-electron chi connectivity index (χ2n) is 5.53. The molecule has 0 N–H and O–H groups in total. The Morgan fingerprint density at radius 3 is 2.70 bits per heavy atom. The molecule has 0 bridgehead atoms. The Labute approximate surface area is 143 Å². The van der Waals surface area contributed by atoms with E-state index in [2.05, 4.69) is 11.1 Å². The SMILES string of the molecule is O=C(c1cccc(Cl)c1)N1CCc2cc3cc(Cl)ccc3nc21. The summed E-state index contributed by atoms with van der Waals surface area (Å²) in [4.78, 5) is 19.1. The van der Waals surface area contributed by atoms with Crippen molar-refractivity contribution in [1.29, 1.82) is 0 Å². The highest BCUT2D eigenvalue weighted by Crippen LogP contribution is 2.31. The molecule has 23 heavy (non-hydrogen) atoms. The molecule has 0 saturated heterocycles. The van der Waals surface area contributed by atoms with Crippen LogP contribution in [0.2, 0.25) is 10.0 Å². The number of nitrogens with zero attached hydrogens (tertiary/aromatic N) is 2. The van der Waals surface area contributed by atoms with Crippen molar-refractivity contribution in [3.05, 3.63) is 69.7 Å². The first-order chi connectivity index (χ1) is 11.1. The highest BCUT2D eigenvalue weighted by Gasteiger charge is 2.27. The lowest BCUT2D eigenvalue weighted by Gasteiger charge is -2.17. The summed E-state index contributed by atoms with van der Waals surface area (Å²) in [6.45, 7) is 0.623. The van der Waals surface area contributed by atoms with Gasteiger partial charge in [0.2, 0.25) is 0 Å². The van der Waals surface area contributed by atoms with Crippen molar-refractivity contribution in [3.63, 3.8) is 0 Å². The van der Waals surface area contributed by atoms with E-state index in [4.69, 9.17) is 23.2 Å². The predicted octanol–water partition coefficient (Wildman–Crippen LogP) is 4.74. The molecule has 1 aliphatic rings. The molecule has 4 rings (SSSR count). The quantitative estimate of drug-likeness (QED) is 0.639. The molecule has 2 aromatic carbocycles. The summed E-state index contributed by atoms with van der Waals surface area (Å²) < 4.78 is 0. The highest BCUT2D eigenvalue weighted by atomic mass is 35.5. The van der Waals surface area contributed by atoms with Gasteiger partial charge >= 0.3 is 0 Å². The molecule has 0 aliphatic carbocycles. The highest BCUT2D eigenvalue weighted by molar-refractivity contribution is 6.31. The summed E-state index contributed by atoms with van der Waals surface area (Å²) in [6.07, 6.45) is 0.789. The predicted molar refractivity (Wildman–Crippen MR) is 93.6 cm³/mol. The van der Waals surface area contributed by atoms with Crippen LogP contribution in [0.3, 0.4) is 0 Å². The minimum atomic E-state index is -0.0768. The van der Waals surface area contributed by atoms with Gasteiger partial charge in [-0.2, -0.15) is 0 Å². The Balaban J connectivity index is 1.77. The van der Waals surface area contributed by atoms with Crippen LogP contribution in [0, 0.1) is 0 Å². The van der Waals surface area contributed by atoms with Gasteiger partial charge in [0, 0.05) is 27.5 Å². The summed E-state index contributed by atoms with van der Waals surface area (Å²) in [5.74, 6) is 0.650. The Kier molecular flexibility index (Phi) is 3.47. The number of hydrogen-bond donors (Lipinski definition) is 0. The molecular formula is C18H12Cl2N2O. The average Bonchev–Trinajstić information content (AvgIpc) is 2.94. The van der Waals surface area contributed by atoms with Crippen LogP contribution < -0.4 is 4.90 Å². The van der Waals surface area contributed by atoms with E-state index in [0.717, 1.165) is 28.7 Å². The van der Waals surface area contributed by atoms with E-state index in [1.54, 1.807) is 35.2 Å². The molecule has 3 nitrogen and oxygen atoms in total. The maximum absolute atomic E-state index is 12.8. The van der Waals surface area contributed by atoms with Gasteiger partial charge in [0.05, 0.1) is 5.52 Å². The number of halogens is 2. The zero-order valence-corrected chi connectivity index (χ0v) is 13.6. The lowest BCUT2D eigenvalue weighted by atomic mass is 10.1. The van der Waals surface area contributed by atoms with E-state index in [0.29, 0.717) is 22.2 Å². The number of carbonyl (C=O) groups excluding carboxylic acids is 1. The Morgan fingerprint density at radius 2 is 1.87 bits per heavy atom. The molecule has 2 heterocycles. The number of rotatable bonds is 1. The topological polar surface area (TPSA) is 33.2 Å². The van der Waals surface area contributed by atoms with Crippen LogP contribution in [-0.2, 0) is 6.42 Å². The van der Waals surface area contributed by atoms with Crippen LogP contribution in [0.1, 0.15) is 15.9 Å². The van der Waals surface area contributed by atoms with E-state index in [1.807, 2.05) is 12.1 Å². The van der Waals surface area contributed by atoms with Gasteiger partial charge in [-0.3, -0.25) is 9.69 Å². The molecule has 0 saturated carbocycles. The molecule has 1 aromatic heterocycles. The average molecular weight is 343 g/mol. The van der Waals surface area contributed by atoms with Gasteiger partial charge < -0.3 is 0 Å². The normalized spacial score (nSPS) is 13.4. The van der Waals surface area contributed by atoms with Crippen LogP contribution in [0.5, 0.6) is 0 Å². The fourth-order valence-corrected chi connectivity index (χ4v) is 3.28. The lowest BCUT2D eigenvalue weighted by Crippen LogP contribution is -2.29. The van der Waals surface area contributed by atoms with Gasteiger partial charge in [-0.05, 0) is 54.4 Å². The second kappa shape index (κ2) is 5.52. The van der Waals surface area contributed by atoms with Crippen molar-refractivity contribution >= 4 is 45.8 Å². The number of aromatic nitrogens is 1. The standard InChI is InChI=1S/C18H12Cl2N2O/c19-14-3-1-2-12(9-14)18(23)22-7-6-11-8-13-10-15(20)4-5-16(13)21-17(11)22/h1-5,8-10H,6-7H2. The van der Waals surface area contributed by atoms with Crippen LogP contribution in [0.4, 0.5) is 5.82 Å². The van der Waals surface area contributed by atoms with Crippen LogP contribution in [0.15, 0.2) is 48.5 Å². The Bertz CT molecular complexity index is 939. The number of fused-ring (bicyclic) bond motifs is 2. The molecule has 114 valence electrons. The van der Waals surface area contributed by atoms with E-state index < -0.39 is 0 Å². The summed E-state index contributed by atoms with van der Waals surface area (Å²) in [5.41, 5.74) is 2.47. The molecular weight excluding hydrogens is 331 g/mol. The molecule has 0 radical (unpaired) electrons. The third-order valence-corrected chi connectivity index (χ3v) is 4.48. The van der Waals surface area contributed by atoms with Gasteiger partial charge in [-0.15, -0.1) is 0 Å². The van der Waals surface area contributed by atoms with E-state index in [9.17, 15) is 4.79 Å². The van der Waals surface area contributed by atoms with Gasteiger partial charge in [-0.1, -0.05) is 29.3 Å². The van der Waals surface area contributed by atoms with Crippen molar-refractivity contribution in [1.82, 2.24) is 4.98 Å². The molecule has 3 aromatic rings. The molecule has 0 spiro atoms. The first kappa shape index (κ1) is 14.5. The number of amides is 1. The van der Waals surface area contributed by atoms with E-state index >= 15 is 0 Å². The summed E-state index contributed by atoms with van der Waals surface area (Å²) in [5, 5.41) is 2.23. The Morgan fingerprint density at radius 1 is 1.04 bits per heavy atom. The smallest absolute Gasteiger partial charge is 0.259 e. The number of benzene rings is 2. The molecule has 1 amide bonds. The largest absolute Gasteiger partial charge is 0.292 e. The van der Waals surface area contributed by atoms with Crippen molar-refractivity contribution in [3.8, 4) is 0 Å². The molecule has 5 heteroatoms. The van der Waals surface area contributed by atoms with Crippen molar-refractivity contribution < 1.29 is 4.79 Å². The Hall–Kier alpha value is -2.10. The minimum Gasteiger partial charge on any atom is -0.292 e. The number of anilines is 1. The van der Waals surface area contributed by atoms with Crippen LogP contribution in [-0.4, -0.2) is 17.4 Å². The maximum Gasteiger partial charge on any atom is 0.259 e. The monoisotopic (exact) mass is 342 g/mol. The first-order valence-electron chi connectivity index (χ1n) is 7.28. The van der Waals surface area contributed by atoms with Crippen LogP contribution >= 0.6 is 23.2 Å². The third kappa shape index (κ3) is 2.56. The fraction of sp³-hybridized carbons (Fsp3) is 0.111. The van der Waals surface area contributed by atoms with E-state index in [1.165, 1.54) is 0 Å². The van der Waals surface area contributed by atoms with Crippen molar-refractivity contribution in [2.45, 2.75) is 6.42 Å². The summed E-state index contributed by atoms with van der Waals surface area (Å²) in [6, 6.07) is 14.6. The molecule has 0 fully saturated rings. The van der Waals surface area contributed by atoms with Gasteiger partial charge in [-0.25, -0.2) is 4.98 Å². The lowest BCUT2D eigenvalue weighted by molar-refractivity contribution is 0.0989. The number of pyridine rings is 1. The number of hydrogen-bond acceptors (Lipinski definition) is 2. The van der Waals surface area contributed by atoms with Gasteiger partial charge in [0.1, 0.15) is 5.82 Å². The van der Waals surface area contributed by atoms with E-state index in [-0.39, 0.29) is 5.91 Å². The van der Waals surface area contributed by atoms with Gasteiger partial charge in [0.25, 0.3) is 5.91 Å². The summed E-state index contributed by atoms with van der Waals surface area (Å²) >= 11 is 12.0. The zero-order chi connectivity index (χ0) is 16.0. The first-order valence-corrected chi connectivity index (χ1v) is 8.04. The molecule has 0 unspecified atom stereocenters. The molecule has 0 atom stereocenters. The second-order valence-corrected chi connectivity index (χ2v) is 6.40. The molecule has 1 aliphatic heterocycles. The fourth-order valence-electron chi connectivity index (χ4n) is 2.91. The minimum absolute atomic E-state index is 0.0768. The van der Waals surface area contributed by atoms with Crippen molar-refractivity contribution in [2.24, 2.45) is 0 Å². The third-order valence-electron chi connectivity index (χ3n) is 4.01. The van der Waals surface area contributed by atoms with Crippen molar-refractivity contribution in [2.75, 3.05) is 11.4 Å². The van der Waals surface area contributed by atoms with Crippen LogP contribution in [0.25, 0.3) is 10.9 Å². The maximum atomic E-state index is 12.8. The zero-order valence-electron chi connectivity index (χ0n) is 12.1. The summed E-state index contributed by atoms with van der Waals surface area (Å²) in [7, 11) is 0. The number of carbonyl (C=O) groups is 1.